The lowest BCUT2D eigenvalue weighted by Crippen LogP contribution is -2.07. The normalized spacial score (nSPS) is 13.7. The maximum Gasteiger partial charge on any atom is 0.341 e. The van der Waals surface area contributed by atoms with Gasteiger partial charge >= 0.3 is 5.97 Å². The van der Waals surface area contributed by atoms with Crippen molar-refractivity contribution in [2.24, 2.45) is 0 Å². The van der Waals surface area contributed by atoms with E-state index in [1.54, 1.807) is 13.0 Å². The molecule has 0 saturated heterocycles. The van der Waals surface area contributed by atoms with E-state index in [4.69, 9.17) is 4.74 Å². The highest BCUT2D eigenvalue weighted by atomic mass is 16.5. The summed E-state index contributed by atoms with van der Waals surface area (Å²) in [5, 5.41) is 17.1. The van der Waals surface area contributed by atoms with E-state index in [9.17, 15) is 9.90 Å². The summed E-state index contributed by atoms with van der Waals surface area (Å²) < 4.78 is 5.76. The fourth-order valence-corrected chi connectivity index (χ4v) is 2.33. The Balaban J connectivity index is 1.98. The Morgan fingerprint density at radius 3 is 2.82 bits per heavy atom. The topological polar surface area (TPSA) is 72.3 Å². The zero-order valence-electron chi connectivity index (χ0n) is 12.2. The lowest BCUT2D eigenvalue weighted by molar-refractivity contribution is 0.0693. The molecule has 22 heavy (non-hydrogen) atoms. The number of carboxylic acid groups (broad SMARTS) is 1. The van der Waals surface area contributed by atoms with Gasteiger partial charge in [-0.05, 0) is 49.0 Å². The molecular formula is C17H16N2O3. The Hall–Kier alpha value is -2.69. The summed E-state index contributed by atoms with van der Waals surface area (Å²) in [7, 11) is 0. The smallest absolute Gasteiger partial charge is 0.341 e. The van der Waals surface area contributed by atoms with E-state index in [0.29, 0.717) is 17.2 Å². The van der Waals surface area contributed by atoms with E-state index in [1.165, 1.54) is 24.6 Å². The molecule has 1 saturated carbocycles. The molecule has 5 heteroatoms. The van der Waals surface area contributed by atoms with Crippen molar-refractivity contribution < 1.29 is 14.6 Å². The van der Waals surface area contributed by atoms with E-state index < -0.39 is 5.97 Å². The predicted molar refractivity (Wildman–Crippen MR) is 82.2 cm³/mol. The van der Waals surface area contributed by atoms with Crippen LogP contribution in [0.4, 0.5) is 0 Å². The third-order valence-electron chi connectivity index (χ3n) is 3.57. The lowest BCUT2D eigenvalue weighted by atomic mass is 10.1. The van der Waals surface area contributed by atoms with Crippen molar-refractivity contribution in [2.75, 3.05) is 0 Å². The molecule has 3 rings (SSSR count). The van der Waals surface area contributed by atoms with Crippen LogP contribution in [0.1, 0.15) is 47.3 Å². The minimum Gasteiger partial charge on any atom is -0.477 e. The number of hydrogen-bond donors (Lipinski definition) is 1. The summed E-state index contributed by atoms with van der Waals surface area (Å²) in [6.07, 6.45) is 3.71. The first-order valence-electron chi connectivity index (χ1n) is 7.09. The minimum atomic E-state index is -1.11. The molecule has 0 bridgehead atoms. The Morgan fingerprint density at radius 1 is 1.41 bits per heavy atom. The first kappa shape index (κ1) is 14.3. The molecule has 1 fully saturated rings. The lowest BCUT2D eigenvalue weighted by Gasteiger charge is -2.11. The molecule has 112 valence electrons. The number of benzene rings is 1. The Bertz CT molecular complexity index is 751. The standard InChI is InChI=1S/C17H16N2O3/c1-10(2)16-15(17(20)21)14(9-18-19-16)22-13-5-3-4-12(8-13)11-6-7-11/h3-5,8-9,11H,1,6-7H2,2H3,(H,20,21). The third-order valence-corrected chi connectivity index (χ3v) is 3.57. The van der Waals surface area contributed by atoms with Crippen molar-refractivity contribution in [2.45, 2.75) is 25.7 Å². The van der Waals surface area contributed by atoms with Gasteiger partial charge in [-0.2, -0.15) is 5.10 Å². The number of carbonyl (C=O) groups is 1. The summed E-state index contributed by atoms with van der Waals surface area (Å²) in [6.45, 7) is 5.43. The largest absolute Gasteiger partial charge is 0.477 e. The molecule has 0 atom stereocenters. The number of aromatic nitrogens is 2. The Morgan fingerprint density at radius 2 is 2.18 bits per heavy atom. The van der Waals surface area contributed by atoms with Crippen LogP contribution in [0.3, 0.4) is 0 Å². The van der Waals surface area contributed by atoms with Gasteiger partial charge in [0.05, 0.1) is 6.20 Å². The molecule has 5 nitrogen and oxygen atoms in total. The molecule has 0 amide bonds. The van der Waals surface area contributed by atoms with Crippen molar-refractivity contribution >= 4 is 11.5 Å². The van der Waals surface area contributed by atoms with Gasteiger partial charge in [0, 0.05) is 0 Å². The molecule has 0 unspecified atom stereocenters. The fraction of sp³-hybridized carbons (Fsp3) is 0.235. The van der Waals surface area contributed by atoms with E-state index in [-0.39, 0.29) is 17.0 Å². The molecule has 0 aliphatic heterocycles. The summed E-state index contributed by atoms with van der Waals surface area (Å²) in [5.74, 6) is 0.270. The van der Waals surface area contributed by atoms with Crippen molar-refractivity contribution in [3.63, 3.8) is 0 Å². The number of aromatic carboxylic acids is 1. The van der Waals surface area contributed by atoms with E-state index in [0.717, 1.165) is 0 Å². The van der Waals surface area contributed by atoms with Gasteiger partial charge < -0.3 is 9.84 Å². The van der Waals surface area contributed by atoms with Crippen molar-refractivity contribution in [3.05, 3.63) is 53.9 Å². The van der Waals surface area contributed by atoms with E-state index in [1.807, 2.05) is 12.1 Å². The van der Waals surface area contributed by atoms with Gasteiger partial charge in [-0.25, -0.2) is 4.79 Å². The SMILES string of the molecule is C=C(C)c1nncc(Oc2cccc(C3CC3)c2)c1C(=O)O. The number of ether oxygens (including phenoxy) is 1. The minimum absolute atomic E-state index is 0.0145. The van der Waals surface area contributed by atoms with Gasteiger partial charge in [0.2, 0.25) is 0 Å². The van der Waals surface area contributed by atoms with Crippen LogP contribution in [0, 0.1) is 0 Å². The van der Waals surface area contributed by atoms with Crippen LogP contribution < -0.4 is 4.74 Å². The summed E-state index contributed by atoms with van der Waals surface area (Å²) >= 11 is 0. The highest BCUT2D eigenvalue weighted by Crippen LogP contribution is 2.41. The van der Waals surface area contributed by atoms with E-state index >= 15 is 0 Å². The second-order valence-corrected chi connectivity index (χ2v) is 5.47. The monoisotopic (exact) mass is 296 g/mol. The maximum atomic E-state index is 11.5. The van der Waals surface area contributed by atoms with Crippen LogP contribution in [0.15, 0.2) is 37.0 Å². The van der Waals surface area contributed by atoms with Crippen LogP contribution in [0.2, 0.25) is 0 Å². The Labute approximate surface area is 128 Å². The summed E-state index contributed by atoms with van der Waals surface area (Å²) in [4.78, 5) is 11.5. The van der Waals surface area contributed by atoms with Crippen molar-refractivity contribution in [1.82, 2.24) is 10.2 Å². The first-order valence-corrected chi connectivity index (χ1v) is 7.09. The number of rotatable bonds is 5. The average molecular weight is 296 g/mol. The Kier molecular flexibility index (Phi) is 3.63. The average Bonchev–Trinajstić information content (AvgIpc) is 3.31. The molecule has 1 aromatic heterocycles. The first-order chi connectivity index (χ1) is 10.6. The van der Waals surface area contributed by atoms with Crippen LogP contribution >= 0.6 is 0 Å². The zero-order valence-corrected chi connectivity index (χ0v) is 12.2. The van der Waals surface area contributed by atoms with Crippen LogP contribution in [0.25, 0.3) is 5.57 Å². The second-order valence-electron chi connectivity index (χ2n) is 5.47. The third kappa shape index (κ3) is 2.83. The number of hydrogen-bond acceptors (Lipinski definition) is 4. The molecule has 1 aliphatic rings. The second kappa shape index (κ2) is 5.60. The van der Waals surface area contributed by atoms with Crippen LogP contribution in [-0.4, -0.2) is 21.3 Å². The molecule has 1 aromatic carbocycles. The zero-order chi connectivity index (χ0) is 15.7. The van der Waals surface area contributed by atoms with Crippen LogP contribution in [0.5, 0.6) is 11.5 Å². The van der Waals surface area contributed by atoms with Crippen molar-refractivity contribution in [1.29, 1.82) is 0 Å². The molecule has 1 aliphatic carbocycles. The van der Waals surface area contributed by atoms with E-state index in [2.05, 4.69) is 22.8 Å². The van der Waals surface area contributed by atoms with Gasteiger partial charge in [0.1, 0.15) is 17.0 Å². The highest BCUT2D eigenvalue weighted by Gasteiger charge is 2.24. The van der Waals surface area contributed by atoms with Crippen molar-refractivity contribution in [3.8, 4) is 11.5 Å². The van der Waals surface area contributed by atoms with Gasteiger partial charge in [0.25, 0.3) is 0 Å². The molecule has 2 aromatic rings. The number of allylic oxidation sites excluding steroid dienone is 1. The highest BCUT2D eigenvalue weighted by molar-refractivity contribution is 5.95. The molecule has 0 radical (unpaired) electrons. The number of nitrogens with zero attached hydrogens (tertiary/aromatic N) is 2. The quantitative estimate of drug-likeness (QED) is 0.906. The molecular weight excluding hydrogens is 280 g/mol. The predicted octanol–water partition coefficient (Wildman–Crippen LogP) is 3.88. The summed E-state index contributed by atoms with van der Waals surface area (Å²) in [5.41, 5.74) is 1.97. The fourth-order valence-electron chi connectivity index (χ4n) is 2.33. The maximum absolute atomic E-state index is 11.5. The van der Waals surface area contributed by atoms with Gasteiger partial charge in [-0.1, -0.05) is 18.7 Å². The molecule has 0 spiro atoms. The van der Waals surface area contributed by atoms with Gasteiger partial charge in [-0.3, -0.25) is 0 Å². The molecule has 1 heterocycles. The molecule has 1 N–H and O–H groups in total. The van der Waals surface area contributed by atoms with Gasteiger partial charge in [-0.15, -0.1) is 5.10 Å². The van der Waals surface area contributed by atoms with Crippen LogP contribution in [-0.2, 0) is 0 Å². The summed E-state index contributed by atoms with van der Waals surface area (Å²) in [6, 6.07) is 7.73. The van der Waals surface area contributed by atoms with Gasteiger partial charge in [0.15, 0.2) is 5.75 Å². The number of carboxylic acids is 1.